The molecule has 3 rings (SSSR count). The van der Waals surface area contributed by atoms with Gasteiger partial charge in [-0.15, -0.1) is 0 Å². The SMILES string of the molecule is CCOC(=O)COP(=O)(N[C@@H](CC(C)C)C(=O)OCC)OC[C@H]1O[C@@H](n2cnc3c(OC)nc(N)nc32)[C@](C)(O)[C@@H]1O. The number of aromatic nitrogens is 4. The minimum absolute atomic E-state index is 0.0253. The molecule has 1 fully saturated rings. The second-order valence-corrected chi connectivity index (χ2v) is 11.8. The summed E-state index contributed by atoms with van der Waals surface area (Å²) in [6, 6.07) is -1.11. The third kappa shape index (κ3) is 7.72. The van der Waals surface area contributed by atoms with E-state index in [1.807, 2.05) is 13.8 Å². The van der Waals surface area contributed by atoms with Crippen LogP contribution in [0.2, 0.25) is 0 Å². The van der Waals surface area contributed by atoms with Gasteiger partial charge in [0.05, 0.1) is 33.3 Å². The first-order chi connectivity index (χ1) is 19.8. The van der Waals surface area contributed by atoms with Gasteiger partial charge in [-0.3, -0.25) is 18.4 Å². The van der Waals surface area contributed by atoms with E-state index in [4.69, 9.17) is 33.7 Å². The van der Waals surface area contributed by atoms with Crippen molar-refractivity contribution >= 4 is 36.8 Å². The molecule has 2 aromatic rings. The van der Waals surface area contributed by atoms with Crippen LogP contribution in [0.25, 0.3) is 11.2 Å². The van der Waals surface area contributed by atoms with E-state index in [2.05, 4.69) is 20.0 Å². The molecule has 0 radical (unpaired) electrons. The van der Waals surface area contributed by atoms with E-state index in [0.29, 0.717) is 0 Å². The number of aliphatic hydroxyl groups excluding tert-OH is 1. The summed E-state index contributed by atoms with van der Waals surface area (Å²) in [5.41, 5.74) is 4.26. The monoisotopic (exact) mass is 618 g/mol. The normalized spacial score (nSPS) is 24.5. The third-order valence-electron chi connectivity index (χ3n) is 6.27. The molecule has 0 saturated carbocycles. The Balaban J connectivity index is 1.85. The molecule has 18 heteroatoms. The second kappa shape index (κ2) is 14.0. The lowest BCUT2D eigenvalue weighted by Crippen LogP contribution is -2.44. The van der Waals surface area contributed by atoms with Crippen molar-refractivity contribution in [2.24, 2.45) is 5.92 Å². The van der Waals surface area contributed by atoms with Crippen LogP contribution >= 0.6 is 7.75 Å². The highest BCUT2D eigenvalue weighted by Crippen LogP contribution is 2.47. The van der Waals surface area contributed by atoms with Crippen molar-refractivity contribution in [3.05, 3.63) is 6.33 Å². The molecule has 2 aromatic heterocycles. The highest BCUT2D eigenvalue weighted by Gasteiger charge is 2.54. The van der Waals surface area contributed by atoms with Gasteiger partial charge in [0, 0.05) is 0 Å². The summed E-state index contributed by atoms with van der Waals surface area (Å²) in [5.74, 6) is -1.56. The van der Waals surface area contributed by atoms with Gasteiger partial charge in [0.25, 0.3) is 0 Å². The molecular weight excluding hydrogens is 579 g/mol. The molecule has 3 heterocycles. The fourth-order valence-corrected chi connectivity index (χ4v) is 5.76. The van der Waals surface area contributed by atoms with Crippen LogP contribution in [0.4, 0.5) is 5.95 Å². The Morgan fingerprint density at radius 1 is 1.24 bits per heavy atom. The van der Waals surface area contributed by atoms with Gasteiger partial charge in [-0.05, 0) is 33.1 Å². The number of imidazole rings is 1. The molecule has 42 heavy (non-hydrogen) atoms. The van der Waals surface area contributed by atoms with E-state index < -0.39 is 63.0 Å². The molecule has 0 aromatic carbocycles. The number of aliphatic hydroxyl groups is 2. The van der Waals surface area contributed by atoms with Crippen LogP contribution in [0.3, 0.4) is 0 Å². The van der Waals surface area contributed by atoms with Gasteiger partial charge in [0.2, 0.25) is 11.8 Å². The zero-order valence-electron chi connectivity index (χ0n) is 24.4. The number of rotatable bonds is 15. The molecule has 0 amide bonds. The number of nitrogens with two attached hydrogens (primary N) is 1. The number of ether oxygens (including phenoxy) is 4. The second-order valence-electron chi connectivity index (χ2n) is 10.0. The van der Waals surface area contributed by atoms with Crippen LogP contribution in [-0.2, 0) is 37.4 Å². The number of hydrogen-bond acceptors (Lipinski definition) is 15. The Bertz CT molecular complexity index is 1290. The van der Waals surface area contributed by atoms with Crippen molar-refractivity contribution < 1.29 is 52.4 Å². The maximum absolute atomic E-state index is 13.8. The minimum Gasteiger partial charge on any atom is -0.479 e. The first-order valence-electron chi connectivity index (χ1n) is 13.3. The van der Waals surface area contributed by atoms with Crippen LogP contribution < -0.4 is 15.6 Å². The predicted molar refractivity (Wildman–Crippen MR) is 146 cm³/mol. The number of methoxy groups -OCH3 is 1. The van der Waals surface area contributed by atoms with E-state index in [9.17, 15) is 24.4 Å². The van der Waals surface area contributed by atoms with Gasteiger partial charge in [0.15, 0.2) is 24.0 Å². The molecule has 236 valence electrons. The van der Waals surface area contributed by atoms with Crippen LogP contribution in [0.15, 0.2) is 6.33 Å². The molecule has 1 aliphatic heterocycles. The fraction of sp³-hybridized carbons (Fsp3) is 0.708. The standard InChI is InChI=1S/C24H39N6O11P/c1-7-37-16(31)11-40-42(35,29-14(9-13(3)4)21(33)38-8-2)39-10-15-18(32)24(5,34)22(41-15)30-12-26-17-19(30)27-23(25)28-20(17)36-6/h12-15,18,22,32,34H,7-11H2,1-6H3,(H,29,35)(H2,25,27,28)/t14-,15+,18+,22+,24+,42?/m0/s1. The summed E-state index contributed by atoms with van der Waals surface area (Å²) in [6.07, 6.45) is -2.59. The van der Waals surface area contributed by atoms with Crippen LogP contribution in [0.5, 0.6) is 5.88 Å². The zero-order chi connectivity index (χ0) is 31.2. The number of carbonyl (C=O) groups excluding carboxylic acids is 2. The van der Waals surface area contributed by atoms with Crippen molar-refractivity contribution in [3.8, 4) is 5.88 Å². The molecule has 1 unspecified atom stereocenters. The number of nitrogens with one attached hydrogen (secondary N) is 1. The number of fused-ring (bicyclic) bond motifs is 1. The Morgan fingerprint density at radius 3 is 2.55 bits per heavy atom. The van der Waals surface area contributed by atoms with Crippen molar-refractivity contribution in [1.82, 2.24) is 24.6 Å². The van der Waals surface area contributed by atoms with Crippen LogP contribution in [-0.4, -0.2) is 99.1 Å². The van der Waals surface area contributed by atoms with Gasteiger partial charge >= 0.3 is 19.7 Å². The Hall–Kier alpha value is -2.92. The predicted octanol–water partition coefficient (Wildman–Crippen LogP) is 0.698. The Labute approximate surface area is 242 Å². The number of hydrogen-bond donors (Lipinski definition) is 4. The topological polar surface area (TPSA) is 229 Å². The smallest absolute Gasteiger partial charge is 0.406 e. The average molecular weight is 619 g/mol. The fourth-order valence-electron chi connectivity index (χ4n) is 4.33. The van der Waals surface area contributed by atoms with E-state index in [1.165, 1.54) is 24.9 Å². The molecule has 0 aliphatic carbocycles. The molecular formula is C24H39N6O11P. The molecule has 6 atom stereocenters. The van der Waals surface area contributed by atoms with Crippen molar-refractivity contribution in [1.29, 1.82) is 0 Å². The van der Waals surface area contributed by atoms with E-state index in [-0.39, 0.29) is 48.5 Å². The van der Waals surface area contributed by atoms with Crippen LogP contribution in [0, 0.1) is 5.92 Å². The van der Waals surface area contributed by atoms with E-state index >= 15 is 0 Å². The number of esters is 2. The van der Waals surface area contributed by atoms with E-state index in [0.717, 1.165) is 0 Å². The van der Waals surface area contributed by atoms with Gasteiger partial charge in [-0.2, -0.15) is 9.97 Å². The van der Waals surface area contributed by atoms with Gasteiger partial charge in [-0.25, -0.2) is 19.4 Å². The molecule has 1 saturated heterocycles. The summed E-state index contributed by atoms with van der Waals surface area (Å²) in [7, 11) is -3.06. The van der Waals surface area contributed by atoms with Crippen LogP contribution in [0.1, 0.15) is 47.3 Å². The first kappa shape index (κ1) is 33.6. The van der Waals surface area contributed by atoms with Crippen molar-refractivity contribution in [2.75, 3.05) is 39.3 Å². The number of anilines is 1. The Morgan fingerprint density at radius 2 is 1.93 bits per heavy atom. The van der Waals surface area contributed by atoms with E-state index in [1.54, 1.807) is 13.8 Å². The zero-order valence-corrected chi connectivity index (χ0v) is 25.3. The first-order valence-corrected chi connectivity index (χ1v) is 14.9. The van der Waals surface area contributed by atoms with Crippen molar-refractivity contribution in [3.63, 3.8) is 0 Å². The lowest BCUT2D eigenvalue weighted by atomic mass is 9.96. The van der Waals surface area contributed by atoms with Gasteiger partial charge in [-0.1, -0.05) is 13.8 Å². The third-order valence-corrected chi connectivity index (χ3v) is 7.85. The lowest BCUT2D eigenvalue weighted by molar-refractivity contribution is -0.145. The molecule has 1 aliphatic rings. The van der Waals surface area contributed by atoms with Gasteiger partial charge < -0.3 is 34.9 Å². The summed E-state index contributed by atoms with van der Waals surface area (Å²) in [6.45, 7) is 7.02. The number of carbonyl (C=O) groups is 2. The maximum Gasteiger partial charge on any atom is 0.406 e. The Kier molecular flexibility index (Phi) is 11.2. The lowest BCUT2D eigenvalue weighted by Gasteiger charge is -2.27. The maximum atomic E-state index is 13.8. The molecule has 0 bridgehead atoms. The average Bonchev–Trinajstić information content (AvgIpc) is 3.43. The number of nitrogen functional groups attached to an aromatic ring is 1. The quantitative estimate of drug-likeness (QED) is 0.159. The highest BCUT2D eigenvalue weighted by atomic mass is 31.2. The largest absolute Gasteiger partial charge is 0.479 e. The molecule has 5 N–H and O–H groups in total. The van der Waals surface area contributed by atoms with Gasteiger partial charge in [0.1, 0.15) is 23.9 Å². The summed E-state index contributed by atoms with van der Waals surface area (Å²) in [4.78, 5) is 36.9. The summed E-state index contributed by atoms with van der Waals surface area (Å²) >= 11 is 0. The number of nitrogens with zero attached hydrogens (tertiary/aromatic N) is 4. The summed E-state index contributed by atoms with van der Waals surface area (Å²) in [5, 5.41) is 24.8. The summed E-state index contributed by atoms with van der Waals surface area (Å²) < 4.78 is 47.1. The molecule has 17 nitrogen and oxygen atoms in total. The molecule has 0 spiro atoms. The minimum atomic E-state index is -4.44. The highest BCUT2D eigenvalue weighted by molar-refractivity contribution is 7.51. The van der Waals surface area contributed by atoms with Crippen molar-refractivity contribution in [2.45, 2.75) is 71.1 Å².